The fourth-order valence-electron chi connectivity index (χ4n) is 2.63. The van der Waals surface area contributed by atoms with Gasteiger partial charge < -0.3 is 9.47 Å². The van der Waals surface area contributed by atoms with Crippen molar-refractivity contribution in [2.45, 2.75) is 39.3 Å². The normalized spacial score (nSPS) is 11.8. The molecule has 3 rings (SSSR count). The smallest absolute Gasteiger partial charge is 0.442 e. The summed E-state index contributed by atoms with van der Waals surface area (Å²) < 4.78 is 47.2. The third-order valence-electron chi connectivity index (χ3n) is 3.98. The van der Waals surface area contributed by atoms with Gasteiger partial charge in [0.2, 0.25) is 0 Å². The van der Waals surface area contributed by atoms with Crippen molar-refractivity contribution in [3.63, 3.8) is 0 Å². The van der Waals surface area contributed by atoms with Crippen LogP contribution in [0.2, 0.25) is 0 Å². The minimum Gasteiger partial charge on any atom is -0.442 e. The number of benzene rings is 2. The standard InChI is InChI=1S/C21H21F3N4O4/c1-20(2,3)32-19(29)28(30)12-14-4-6-15(7-5-14)18-25-13-27(26-18)16-8-10-17(11-9-16)31-21(22,23)24/h4-11,13,30H,12H2,1-3H3. The Bertz CT molecular complexity index is 1060. The molecule has 8 nitrogen and oxygen atoms in total. The number of hydroxylamine groups is 2. The summed E-state index contributed by atoms with van der Waals surface area (Å²) in [7, 11) is 0. The molecule has 0 saturated carbocycles. The average Bonchev–Trinajstić information content (AvgIpc) is 3.17. The average molecular weight is 450 g/mol. The third kappa shape index (κ3) is 6.45. The van der Waals surface area contributed by atoms with Crippen molar-refractivity contribution in [1.29, 1.82) is 0 Å². The Kier molecular flexibility index (Phi) is 6.40. The largest absolute Gasteiger partial charge is 0.573 e. The quantitative estimate of drug-likeness (QED) is 0.437. The summed E-state index contributed by atoms with van der Waals surface area (Å²) in [6.45, 7) is 5.03. The maximum atomic E-state index is 12.3. The van der Waals surface area contributed by atoms with Gasteiger partial charge in [0.25, 0.3) is 0 Å². The molecule has 0 aliphatic carbocycles. The SMILES string of the molecule is CC(C)(C)OC(=O)N(O)Cc1ccc(-c2ncn(-c3ccc(OC(F)(F)F)cc3)n2)cc1. The molecule has 0 radical (unpaired) electrons. The second kappa shape index (κ2) is 8.87. The number of alkyl halides is 3. The van der Waals surface area contributed by atoms with Gasteiger partial charge in [-0.1, -0.05) is 24.3 Å². The molecule has 0 aliphatic heterocycles. The number of ether oxygens (including phenoxy) is 2. The molecule has 0 fully saturated rings. The minimum absolute atomic E-state index is 0.0661. The molecule has 0 aliphatic rings. The van der Waals surface area contributed by atoms with Crippen LogP contribution in [-0.4, -0.2) is 43.1 Å². The predicted molar refractivity (Wildman–Crippen MR) is 107 cm³/mol. The van der Waals surface area contributed by atoms with Crippen LogP contribution in [0.4, 0.5) is 18.0 Å². The molecule has 0 spiro atoms. The molecule has 0 unspecified atom stereocenters. The summed E-state index contributed by atoms with van der Waals surface area (Å²) in [6.07, 6.45) is -4.18. The Morgan fingerprint density at radius 3 is 2.25 bits per heavy atom. The van der Waals surface area contributed by atoms with Gasteiger partial charge in [-0.3, -0.25) is 5.21 Å². The van der Waals surface area contributed by atoms with E-state index in [2.05, 4.69) is 14.8 Å². The third-order valence-corrected chi connectivity index (χ3v) is 3.98. The summed E-state index contributed by atoms with van der Waals surface area (Å²) in [5.41, 5.74) is 1.11. The molecule has 0 saturated heterocycles. The van der Waals surface area contributed by atoms with Gasteiger partial charge in [0.15, 0.2) is 5.82 Å². The van der Waals surface area contributed by atoms with Gasteiger partial charge in [-0.2, -0.15) is 5.06 Å². The van der Waals surface area contributed by atoms with Crippen LogP contribution in [0.3, 0.4) is 0 Å². The summed E-state index contributed by atoms with van der Waals surface area (Å²) >= 11 is 0. The summed E-state index contributed by atoms with van der Waals surface area (Å²) in [5, 5.41) is 14.7. The highest BCUT2D eigenvalue weighted by Gasteiger charge is 2.31. The van der Waals surface area contributed by atoms with Crippen molar-refractivity contribution in [3.05, 3.63) is 60.4 Å². The van der Waals surface area contributed by atoms with Crippen molar-refractivity contribution in [1.82, 2.24) is 19.8 Å². The van der Waals surface area contributed by atoms with E-state index < -0.39 is 18.1 Å². The van der Waals surface area contributed by atoms with Crippen molar-refractivity contribution < 1.29 is 32.6 Å². The Balaban J connectivity index is 1.66. The van der Waals surface area contributed by atoms with E-state index in [9.17, 15) is 23.2 Å². The molecule has 32 heavy (non-hydrogen) atoms. The number of carbonyl (C=O) groups is 1. The zero-order valence-electron chi connectivity index (χ0n) is 17.5. The molecule has 0 atom stereocenters. The highest BCUT2D eigenvalue weighted by atomic mass is 19.4. The van der Waals surface area contributed by atoms with Gasteiger partial charge >= 0.3 is 12.5 Å². The fourth-order valence-corrected chi connectivity index (χ4v) is 2.63. The van der Waals surface area contributed by atoms with Crippen LogP contribution in [0.25, 0.3) is 17.1 Å². The summed E-state index contributed by atoms with van der Waals surface area (Å²) in [5.74, 6) is 0.0571. The number of aromatic nitrogens is 3. The van der Waals surface area contributed by atoms with Crippen LogP contribution in [0, 0.1) is 0 Å². The maximum Gasteiger partial charge on any atom is 0.573 e. The van der Waals surface area contributed by atoms with Crippen LogP contribution in [0.1, 0.15) is 26.3 Å². The molecule has 1 aromatic heterocycles. The molecule has 170 valence electrons. The second-order valence-electron chi connectivity index (χ2n) is 7.79. The number of nitrogens with zero attached hydrogens (tertiary/aromatic N) is 4. The number of hydrogen-bond donors (Lipinski definition) is 1. The zero-order chi connectivity index (χ0) is 23.5. The molecule has 1 amide bonds. The monoisotopic (exact) mass is 450 g/mol. The van der Waals surface area contributed by atoms with Gasteiger partial charge in [-0.05, 0) is 50.6 Å². The molecule has 1 N–H and O–H groups in total. The molecule has 2 aromatic carbocycles. The molecular weight excluding hydrogens is 429 g/mol. The first kappa shape index (κ1) is 23.1. The van der Waals surface area contributed by atoms with Crippen molar-refractivity contribution in [3.8, 4) is 22.8 Å². The van der Waals surface area contributed by atoms with E-state index in [4.69, 9.17) is 4.74 Å². The number of rotatable bonds is 5. The molecular formula is C21H21F3N4O4. The van der Waals surface area contributed by atoms with Crippen molar-refractivity contribution >= 4 is 6.09 Å². The van der Waals surface area contributed by atoms with Crippen LogP contribution >= 0.6 is 0 Å². The Morgan fingerprint density at radius 1 is 1.06 bits per heavy atom. The number of carbonyl (C=O) groups excluding carboxylic acids is 1. The van der Waals surface area contributed by atoms with Gasteiger partial charge in [0.05, 0.1) is 12.2 Å². The van der Waals surface area contributed by atoms with E-state index in [1.807, 2.05) is 0 Å². The number of amides is 1. The minimum atomic E-state index is -4.76. The zero-order valence-corrected chi connectivity index (χ0v) is 17.5. The predicted octanol–water partition coefficient (Wildman–Crippen LogP) is 4.96. The Morgan fingerprint density at radius 2 is 1.69 bits per heavy atom. The highest BCUT2D eigenvalue weighted by Crippen LogP contribution is 2.24. The second-order valence-corrected chi connectivity index (χ2v) is 7.79. The van der Waals surface area contributed by atoms with Gasteiger partial charge in [-0.25, -0.2) is 14.5 Å². The van der Waals surface area contributed by atoms with E-state index in [0.717, 1.165) is 0 Å². The lowest BCUT2D eigenvalue weighted by atomic mass is 10.1. The van der Waals surface area contributed by atoms with Crippen LogP contribution in [0.5, 0.6) is 5.75 Å². The maximum absolute atomic E-state index is 12.3. The lowest BCUT2D eigenvalue weighted by Crippen LogP contribution is -2.34. The molecule has 3 aromatic rings. The van der Waals surface area contributed by atoms with Crippen molar-refractivity contribution in [2.24, 2.45) is 0 Å². The molecule has 1 heterocycles. The van der Waals surface area contributed by atoms with E-state index in [-0.39, 0.29) is 12.3 Å². The first-order valence-electron chi connectivity index (χ1n) is 9.46. The Labute approximate surface area is 181 Å². The number of halogens is 3. The van der Waals surface area contributed by atoms with Gasteiger partial charge in [0, 0.05) is 5.56 Å². The first-order valence-corrected chi connectivity index (χ1v) is 9.46. The van der Waals surface area contributed by atoms with E-state index in [0.29, 0.717) is 27.7 Å². The molecule has 11 heteroatoms. The van der Waals surface area contributed by atoms with Crippen LogP contribution in [-0.2, 0) is 11.3 Å². The Hall–Kier alpha value is -3.60. The summed E-state index contributed by atoms with van der Waals surface area (Å²) in [4.78, 5) is 16.1. The molecule has 0 bridgehead atoms. The number of hydrogen-bond acceptors (Lipinski definition) is 6. The van der Waals surface area contributed by atoms with Crippen LogP contribution in [0.15, 0.2) is 54.9 Å². The van der Waals surface area contributed by atoms with E-state index in [1.165, 1.54) is 35.3 Å². The lowest BCUT2D eigenvalue weighted by molar-refractivity contribution is -0.274. The van der Waals surface area contributed by atoms with Gasteiger partial charge in [0.1, 0.15) is 17.7 Å². The van der Waals surface area contributed by atoms with Crippen molar-refractivity contribution in [2.75, 3.05) is 0 Å². The van der Waals surface area contributed by atoms with E-state index >= 15 is 0 Å². The van der Waals surface area contributed by atoms with Crippen LogP contribution < -0.4 is 4.74 Å². The fraction of sp³-hybridized carbons (Fsp3) is 0.286. The van der Waals surface area contributed by atoms with Gasteiger partial charge in [-0.15, -0.1) is 18.3 Å². The first-order chi connectivity index (χ1) is 14.9. The highest BCUT2D eigenvalue weighted by molar-refractivity contribution is 5.66. The lowest BCUT2D eigenvalue weighted by Gasteiger charge is -2.23. The topological polar surface area (TPSA) is 89.7 Å². The summed E-state index contributed by atoms with van der Waals surface area (Å²) in [6, 6.07) is 12.1. The van der Waals surface area contributed by atoms with E-state index in [1.54, 1.807) is 45.0 Å².